The molecule has 6 heteroatoms. The second kappa shape index (κ2) is 8.39. The Bertz CT molecular complexity index is 816. The molecule has 0 aliphatic heterocycles. The number of carbonyl (C=O) groups is 1. The molecule has 0 unspecified atom stereocenters. The summed E-state index contributed by atoms with van der Waals surface area (Å²) >= 11 is 1.40. The molecule has 1 N–H and O–H groups in total. The molecule has 2 aromatic carbocycles. The molecular formula is C19H19N3O2S. The van der Waals surface area contributed by atoms with Crippen LogP contribution in [0.15, 0.2) is 72.1 Å². The van der Waals surface area contributed by atoms with E-state index in [0.29, 0.717) is 12.4 Å². The largest absolute Gasteiger partial charge is 0.494 e. The molecule has 5 nitrogen and oxygen atoms in total. The SMILES string of the molecule is CCOc1ccc(-n2ccnc2SCC(=O)Nc2ccccc2)cc1. The van der Waals surface area contributed by atoms with Crippen molar-refractivity contribution in [2.45, 2.75) is 12.1 Å². The molecule has 0 aliphatic carbocycles. The molecule has 0 bridgehead atoms. The summed E-state index contributed by atoms with van der Waals surface area (Å²) in [5.41, 5.74) is 1.77. The van der Waals surface area contributed by atoms with Crippen molar-refractivity contribution < 1.29 is 9.53 Å². The second-order valence-corrected chi connectivity index (χ2v) is 6.15. The molecular weight excluding hydrogens is 334 g/mol. The summed E-state index contributed by atoms with van der Waals surface area (Å²) in [6, 6.07) is 17.2. The van der Waals surface area contributed by atoms with Crippen LogP contribution in [0.3, 0.4) is 0 Å². The number of nitrogens with one attached hydrogen (secondary N) is 1. The number of hydrogen-bond donors (Lipinski definition) is 1. The lowest BCUT2D eigenvalue weighted by atomic mass is 10.3. The van der Waals surface area contributed by atoms with Gasteiger partial charge < -0.3 is 10.1 Å². The van der Waals surface area contributed by atoms with E-state index in [1.807, 2.05) is 72.3 Å². The Morgan fingerprint density at radius 1 is 1.16 bits per heavy atom. The lowest BCUT2D eigenvalue weighted by Crippen LogP contribution is -2.14. The standard InChI is InChI=1S/C19H19N3O2S/c1-2-24-17-10-8-16(9-11-17)22-13-12-20-19(22)25-14-18(23)21-15-6-4-3-5-7-15/h3-13H,2,14H2,1H3,(H,21,23). The number of carbonyl (C=O) groups excluding carboxylic acids is 1. The van der Waals surface area contributed by atoms with Crippen LogP contribution in [0.5, 0.6) is 5.75 Å². The number of hydrogen-bond acceptors (Lipinski definition) is 4. The Kier molecular flexibility index (Phi) is 5.74. The third-order valence-corrected chi connectivity index (χ3v) is 4.39. The lowest BCUT2D eigenvalue weighted by Gasteiger charge is -2.09. The van der Waals surface area contributed by atoms with Gasteiger partial charge in [0.1, 0.15) is 5.75 Å². The van der Waals surface area contributed by atoms with Gasteiger partial charge in [-0.2, -0.15) is 0 Å². The van der Waals surface area contributed by atoms with Crippen LogP contribution in [-0.4, -0.2) is 27.8 Å². The Morgan fingerprint density at radius 2 is 1.92 bits per heavy atom. The fraction of sp³-hybridized carbons (Fsp3) is 0.158. The molecule has 0 radical (unpaired) electrons. The predicted molar refractivity (Wildman–Crippen MR) is 101 cm³/mol. The summed E-state index contributed by atoms with van der Waals surface area (Å²) in [5, 5.41) is 3.64. The normalized spacial score (nSPS) is 10.4. The number of rotatable bonds is 7. The third-order valence-electron chi connectivity index (χ3n) is 3.42. The van der Waals surface area contributed by atoms with Gasteiger partial charge in [0.25, 0.3) is 0 Å². The van der Waals surface area contributed by atoms with Crippen molar-refractivity contribution in [1.29, 1.82) is 0 Å². The van der Waals surface area contributed by atoms with E-state index < -0.39 is 0 Å². The maximum absolute atomic E-state index is 12.1. The average Bonchev–Trinajstić information content (AvgIpc) is 3.10. The van der Waals surface area contributed by atoms with Gasteiger partial charge in [-0.3, -0.25) is 9.36 Å². The summed E-state index contributed by atoms with van der Waals surface area (Å²) in [7, 11) is 0. The number of ether oxygens (including phenoxy) is 1. The van der Waals surface area contributed by atoms with Crippen molar-refractivity contribution in [3.63, 3.8) is 0 Å². The van der Waals surface area contributed by atoms with Crippen LogP contribution in [0, 0.1) is 0 Å². The monoisotopic (exact) mass is 353 g/mol. The van der Waals surface area contributed by atoms with E-state index in [1.54, 1.807) is 6.20 Å². The van der Waals surface area contributed by atoms with Gasteiger partial charge in [0.2, 0.25) is 5.91 Å². The van der Waals surface area contributed by atoms with Gasteiger partial charge in [0, 0.05) is 23.8 Å². The molecule has 25 heavy (non-hydrogen) atoms. The van der Waals surface area contributed by atoms with Crippen molar-refractivity contribution in [1.82, 2.24) is 9.55 Å². The number of para-hydroxylation sites is 1. The van der Waals surface area contributed by atoms with Crippen LogP contribution in [0.4, 0.5) is 5.69 Å². The Morgan fingerprint density at radius 3 is 2.64 bits per heavy atom. The molecule has 0 saturated heterocycles. The quantitative estimate of drug-likeness (QED) is 0.652. The van der Waals surface area contributed by atoms with Gasteiger partial charge in [0.15, 0.2) is 5.16 Å². The molecule has 3 aromatic rings. The van der Waals surface area contributed by atoms with Crippen molar-refractivity contribution in [2.75, 3.05) is 17.7 Å². The van der Waals surface area contributed by atoms with E-state index in [1.165, 1.54) is 11.8 Å². The van der Waals surface area contributed by atoms with E-state index in [4.69, 9.17) is 4.74 Å². The van der Waals surface area contributed by atoms with Crippen LogP contribution in [0.1, 0.15) is 6.92 Å². The molecule has 0 saturated carbocycles. The van der Waals surface area contributed by atoms with Crippen molar-refractivity contribution >= 4 is 23.4 Å². The van der Waals surface area contributed by atoms with Crippen molar-refractivity contribution in [3.8, 4) is 11.4 Å². The molecule has 0 fully saturated rings. The highest BCUT2D eigenvalue weighted by molar-refractivity contribution is 7.99. The minimum atomic E-state index is -0.0579. The summed E-state index contributed by atoms with van der Waals surface area (Å²) in [5.74, 6) is 1.07. The Balaban J connectivity index is 1.62. The minimum absolute atomic E-state index is 0.0579. The maximum Gasteiger partial charge on any atom is 0.234 e. The summed E-state index contributed by atoms with van der Waals surface area (Å²) in [4.78, 5) is 16.4. The third kappa shape index (κ3) is 4.64. The molecule has 128 valence electrons. The minimum Gasteiger partial charge on any atom is -0.494 e. The van der Waals surface area contributed by atoms with E-state index >= 15 is 0 Å². The van der Waals surface area contributed by atoms with Gasteiger partial charge in [-0.15, -0.1) is 0 Å². The van der Waals surface area contributed by atoms with Gasteiger partial charge in [-0.1, -0.05) is 30.0 Å². The molecule has 3 rings (SSSR count). The van der Waals surface area contributed by atoms with Gasteiger partial charge in [0.05, 0.1) is 12.4 Å². The van der Waals surface area contributed by atoms with Crippen LogP contribution < -0.4 is 10.1 Å². The van der Waals surface area contributed by atoms with E-state index in [9.17, 15) is 4.79 Å². The highest BCUT2D eigenvalue weighted by atomic mass is 32.2. The smallest absolute Gasteiger partial charge is 0.234 e. The van der Waals surface area contributed by atoms with Gasteiger partial charge in [-0.05, 0) is 43.3 Å². The second-order valence-electron chi connectivity index (χ2n) is 5.21. The van der Waals surface area contributed by atoms with Crippen molar-refractivity contribution in [3.05, 3.63) is 67.0 Å². The fourth-order valence-corrected chi connectivity index (χ4v) is 3.08. The zero-order valence-corrected chi connectivity index (χ0v) is 14.7. The average molecular weight is 353 g/mol. The molecule has 1 amide bonds. The predicted octanol–water partition coefficient (Wildman–Crippen LogP) is 4.00. The lowest BCUT2D eigenvalue weighted by molar-refractivity contribution is -0.113. The number of imidazole rings is 1. The zero-order chi connectivity index (χ0) is 17.5. The Hall–Kier alpha value is -2.73. The number of aromatic nitrogens is 2. The summed E-state index contributed by atoms with van der Waals surface area (Å²) < 4.78 is 7.42. The van der Waals surface area contributed by atoms with Crippen LogP contribution in [0.2, 0.25) is 0 Å². The summed E-state index contributed by atoms with van der Waals surface area (Å²) in [6.45, 7) is 2.60. The molecule has 0 atom stereocenters. The van der Waals surface area contributed by atoms with Crippen LogP contribution in [0.25, 0.3) is 5.69 Å². The first-order valence-corrected chi connectivity index (χ1v) is 8.99. The maximum atomic E-state index is 12.1. The van der Waals surface area contributed by atoms with Gasteiger partial charge >= 0.3 is 0 Å². The topological polar surface area (TPSA) is 56.2 Å². The van der Waals surface area contributed by atoms with E-state index in [2.05, 4.69) is 10.3 Å². The molecule has 1 aromatic heterocycles. The number of amides is 1. The van der Waals surface area contributed by atoms with E-state index in [-0.39, 0.29) is 5.91 Å². The highest BCUT2D eigenvalue weighted by Gasteiger charge is 2.09. The highest BCUT2D eigenvalue weighted by Crippen LogP contribution is 2.22. The molecule has 0 spiro atoms. The fourth-order valence-electron chi connectivity index (χ4n) is 2.31. The number of nitrogens with zero attached hydrogens (tertiary/aromatic N) is 2. The van der Waals surface area contributed by atoms with Crippen LogP contribution in [-0.2, 0) is 4.79 Å². The number of anilines is 1. The zero-order valence-electron chi connectivity index (χ0n) is 13.9. The first-order valence-electron chi connectivity index (χ1n) is 8.00. The number of thioether (sulfide) groups is 1. The van der Waals surface area contributed by atoms with Gasteiger partial charge in [-0.25, -0.2) is 4.98 Å². The molecule has 1 heterocycles. The summed E-state index contributed by atoms with van der Waals surface area (Å²) in [6.07, 6.45) is 3.61. The van der Waals surface area contributed by atoms with Crippen molar-refractivity contribution in [2.24, 2.45) is 0 Å². The first kappa shape index (κ1) is 17.1. The van der Waals surface area contributed by atoms with Crippen LogP contribution >= 0.6 is 11.8 Å². The first-order chi connectivity index (χ1) is 12.3. The van der Waals surface area contributed by atoms with E-state index in [0.717, 1.165) is 22.3 Å². The number of benzene rings is 2. The molecule has 0 aliphatic rings. The Labute approximate surface area is 151 Å².